The van der Waals surface area contributed by atoms with Crippen molar-refractivity contribution in [1.82, 2.24) is 19.1 Å². The summed E-state index contributed by atoms with van der Waals surface area (Å²) in [4.78, 5) is 41.1. The van der Waals surface area contributed by atoms with Crippen molar-refractivity contribution < 1.29 is 9.53 Å². The number of carbonyl (C=O) groups is 1. The molecule has 0 spiro atoms. The number of esters is 1. The lowest BCUT2D eigenvalue weighted by Gasteiger charge is -2.15. The smallest absolute Gasteiger partial charge is 0.329 e. The molecule has 20 heavy (non-hydrogen) atoms. The molecule has 8 nitrogen and oxygen atoms in total. The molecule has 0 aliphatic rings. The van der Waals surface area contributed by atoms with Crippen molar-refractivity contribution in [3.63, 3.8) is 0 Å². The van der Waals surface area contributed by atoms with Crippen LogP contribution in [0.25, 0.3) is 11.2 Å². The van der Waals surface area contributed by atoms with Gasteiger partial charge in [0.1, 0.15) is 6.10 Å². The van der Waals surface area contributed by atoms with E-state index >= 15 is 0 Å². The summed E-state index contributed by atoms with van der Waals surface area (Å²) in [7, 11) is 1.39. The molecule has 1 N–H and O–H groups in total. The lowest BCUT2D eigenvalue weighted by molar-refractivity contribution is -0.145. The van der Waals surface area contributed by atoms with Crippen LogP contribution < -0.4 is 11.2 Å². The van der Waals surface area contributed by atoms with Gasteiger partial charge >= 0.3 is 11.7 Å². The third kappa shape index (κ3) is 2.76. The van der Waals surface area contributed by atoms with Crippen LogP contribution in [0.4, 0.5) is 0 Å². The molecule has 2 aromatic rings. The van der Waals surface area contributed by atoms with E-state index in [0.29, 0.717) is 11.0 Å². The SMILES string of the molecule is CC(=O)O[C@H](CI)Cn1cnc2[nH]c(=O)n(C)c(=O)c21. The summed E-state index contributed by atoms with van der Waals surface area (Å²) in [6, 6.07) is 0. The Morgan fingerprint density at radius 3 is 2.85 bits per heavy atom. The molecule has 0 aliphatic carbocycles. The maximum absolute atomic E-state index is 12.1. The first-order valence-electron chi connectivity index (χ1n) is 5.81. The molecule has 0 aliphatic heterocycles. The van der Waals surface area contributed by atoms with Gasteiger partial charge in [-0.2, -0.15) is 0 Å². The maximum Gasteiger partial charge on any atom is 0.329 e. The summed E-state index contributed by atoms with van der Waals surface area (Å²) in [5, 5.41) is 0. The zero-order chi connectivity index (χ0) is 14.9. The van der Waals surface area contributed by atoms with Crippen LogP contribution in [0.3, 0.4) is 0 Å². The molecular formula is C11H13IN4O4. The number of fused-ring (bicyclic) bond motifs is 1. The Morgan fingerprint density at radius 1 is 1.55 bits per heavy atom. The van der Waals surface area contributed by atoms with Gasteiger partial charge in [-0.05, 0) is 0 Å². The van der Waals surface area contributed by atoms with E-state index in [4.69, 9.17) is 4.74 Å². The van der Waals surface area contributed by atoms with Gasteiger partial charge in [0.05, 0.1) is 12.9 Å². The molecule has 0 aromatic carbocycles. The highest BCUT2D eigenvalue weighted by Gasteiger charge is 2.16. The summed E-state index contributed by atoms with van der Waals surface area (Å²) in [5.41, 5.74) is -0.434. The second-order valence-corrected chi connectivity index (χ2v) is 5.16. The number of nitrogens with zero attached hydrogens (tertiary/aromatic N) is 3. The number of hydrogen-bond donors (Lipinski definition) is 1. The first-order chi connectivity index (χ1) is 9.43. The van der Waals surface area contributed by atoms with E-state index in [0.717, 1.165) is 4.57 Å². The number of halogens is 1. The Hall–Kier alpha value is -1.65. The first kappa shape index (κ1) is 14.8. The Balaban J connectivity index is 2.46. The predicted molar refractivity (Wildman–Crippen MR) is 80.0 cm³/mol. The summed E-state index contributed by atoms with van der Waals surface area (Å²) in [5.74, 6) is -0.377. The van der Waals surface area contributed by atoms with E-state index in [2.05, 4.69) is 32.6 Å². The molecule has 2 heterocycles. The number of H-pyrrole nitrogens is 1. The van der Waals surface area contributed by atoms with Crippen LogP contribution in [0, 0.1) is 0 Å². The van der Waals surface area contributed by atoms with Gasteiger partial charge in [0.15, 0.2) is 11.2 Å². The Labute approximate surface area is 126 Å². The molecule has 0 fully saturated rings. The number of imidazole rings is 1. The van der Waals surface area contributed by atoms with E-state index in [-0.39, 0.29) is 23.2 Å². The quantitative estimate of drug-likeness (QED) is 0.441. The minimum absolute atomic E-state index is 0.230. The van der Waals surface area contributed by atoms with Gasteiger partial charge in [0.25, 0.3) is 5.56 Å². The van der Waals surface area contributed by atoms with Gasteiger partial charge < -0.3 is 9.30 Å². The average Bonchev–Trinajstić information content (AvgIpc) is 2.77. The summed E-state index contributed by atoms with van der Waals surface area (Å²) in [6.45, 7) is 1.64. The molecule has 0 bridgehead atoms. The van der Waals surface area contributed by atoms with Gasteiger partial charge in [-0.15, -0.1) is 0 Å². The number of carbonyl (C=O) groups excluding carboxylic acids is 1. The largest absolute Gasteiger partial charge is 0.460 e. The van der Waals surface area contributed by atoms with Crippen molar-refractivity contribution in [2.45, 2.75) is 19.6 Å². The number of rotatable bonds is 4. The second-order valence-electron chi connectivity index (χ2n) is 4.27. The molecule has 0 unspecified atom stereocenters. The van der Waals surface area contributed by atoms with E-state index < -0.39 is 11.2 Å². The topological polar surface area (TPSA) is 99.0 Å². The van der Waals surface area contributed by atoms with Gasteiger partial charge in [-0.3, -0.25) is 19.1 Å². The molecule has 2 rings (SSSR count). The number of nitrogens with one attached hydrogen (secondary N) is 1. The highest BCUT2D eigenvalue weighted by atomic mass is 127. The van der Waals surface area contributed by atoms with E-state index in [1.807, 2.05) is 0 Å². The van der Waals surface area contributed by atoms with Gasteiger partial charge in [-0.25, -0.2) is 9.78 Å². The third-order valence-electron chi connectivity index (χ3n) is 2.78. The second kappa shape index (κ2) is 5.77. The van der Waals surface area contributed by atoms with Crippen LogP contribution in [-0.2, 0) is 23.1 Å². The molecule has 0 saturated carbocycles. The minimum Gasteiger partial charge on any atom is -0.460 e. The molecular weight excluding hydrogens is 379 g/mol. The zero-order valence-electron chi connectivity index (χ0n) is 10.9. The van der Waals surface area contributed by atoms with Crippen molar-refractivity contribution in [2.75, 3.05) is 4.43 Å². The van der Waals surface area contributed by atoms with E-state index in [1.165, 1.54) is 20.3 Å². The molecule has 0 amide bonds. The van der Waals surface area contributed by atoms with Gasteiger partial charge in [0, 0.05) is 18.4 Å². The van der Waals surface area contributed by atoms with Crippen LogP contribution >= 0.6 is 22.6 Å². The number of hydrogen-bond acceptors (Lipinski definition) is 5. The lowest BCUT2D eigenvalue weighted by Crippen LogP contribution is -2.34. The standard InChI is InChI=1S/C11H13IN4O4/c1-6(17)20-7(3-12)4-16-5-13-9-8(16)10(18)15(2)11(19)14-9/h5,7H,3-4H2,1-2H3,(H,14,19)/t7-/m1/s1. The number of aromatic amines is 1. The molecule has 0 radical (unpaired) electrons. The van der Waals surface area contributed by atoms with E-state index in [1.54, 1.807) is 4.57 Å². The van der Waals surface area contributed by atoms with Gasteiger partial charge in [-0.1, -0.05) is 22.6 Å². The summed E-state index contributed by atoms with van der Waals surface area (Å²) >= 11 is 2.10. The highest BCUT2D eigenvalue weighted by molar-refractivity contribution is 14.1. The molecule has 1 atom stereocenters. The van der Waals surface area contributed by atoms with Crippen LogP contribution in [-0.4, -0.2) is 35.6 Å². The van der Waals surface area contributed by atoms with Crippen LogP contribution in [0.15, 0.2) is 15.9 Å². The number of alkyl halides is 1. The predicted octanol–water partition coefficient (Wildman–Crippen LogP) is -0.210. The lowest BCUT2D eigenvalue weighted by atomic mass is 10.4. The fraction of sp³-hybridized carbons (Fsp3) is 0.455. The molecule has 2 aromatic heterocycles. The monoisotopic (exact) mass is 392 g/mol. The molecule has 9 heteroatoms. The number of ether oxygens (including phenoxy) is 1. The summed E-state index contributed by atoms with van der Waals surface area (Å²) in [6.07, 6.45) is 1.09. The zero-order valence-corrected chi connectivity index (χ0v) is 13.1. The maximum atomic E-state index is 12.1. The summed E-state index contributed by atoms with van der Waals surface area (Å²) < 4.78 is 8.28. The minimum atomic E-state index is -0.516. The Bertz CT molecular complexity index is 760. The van der Waals surface area contributed by atoms with Gasteiger partial charge in [0.2, 0.25) is 0 Å². The molecule has 108 valence electrons. The van der Waals surface area contributed by atoms with Crippen molar-refractivity contribution in [2.24, 2.45) is 7.05 Å². The van der Waals surface area contributed by atoms with Crippen LogP contribution in [0.1, 0.15) is 6.92 Å². The van der Waals surface area contributed by atoms with Crippen molar-refractivity contribution in [1.29, 1.82) is 0 Å². The Morgan fingerprint density at radius 2 is 2.25 bits per heavy atom. The average molecular weight is 392 g/mol. The fourth-order valence-corrected chi connectivity index (χ4v) is 2.30. The highest BCUT2D eigenvalue weighted by Crippen LogP contribution is 2.08. The Kier molecular flexibility index (Phi) is 4.26. The third-order valence-corrected chi connectivity index (χ3v) is 3.76. The van der Waals surface area contributed by atoms with Crippen molar-refractivity contribution >= 4 is 39.7 Å². The van der Waals surface area contributed by atoms with Crippen LogP contribution in [0.2, 0.25) is 0 Å². The van der Waals surface area contributed by atoms with Crippen molar-refractivity contribution in [3.05, 3.63) is 27.2 Å². The fourth-order valence-electron chi connectivity index (χ4n) is 1.84. The normalized spacial score (nSPS) is 12.6. The van der Waals surface area contributed by atoms with Crippen molar-refractivity contribution in [3.8, 4) is 0 Å². The number of aromatic nitrogens is 4. The molecule has 0 saturated heterocycles. The first-order valence-corrected chi connectivity index (χ1v) is 7.34. The van der Waals surface area contributed by atoms with Crippen LogP contribution in [0.5, 0.6) is 0 Å². The van der Waals surface area contributed by atoms with E-state index in [9.17, 15) is 14.4 Å².